The molecule has 6 nitrogen and oxygen atoms in total. The van der Waals surface area contributed by atoms with E-state index >= 15 is 0 Å². The molecule has 1 aliphatic heterocycles. The quantitative estimate of drug-likeness (QED) is 0.624. The van der Waals surface area contributed by atoms with E-state index in [-0.39, 0.29) is 25.3 Å². The third-order valence-electron chi connectivity index (χ3n) is 5.06. The molecule has 1 unspecified atom stereocenters. The molecule has 1 atom stereocenters. The van der Waals surface area contributed by atoms with Crippen LogP contribution in [0.2, 0.25) is 0 Å². The second-order valence-electron chi connectivity index (χ2n) is 7.07. The summed E-state index contributed by atoms with van der Waals surface area (Å²) in [7, 11) is 0. The number of ether oxygens (including phenoxy) is 1. The van der Waals surface area contributed by atoms with Crippen molar-refractivity contribution in [3.05, 3.63) is 83.8 Å². The molecule has 0 aliphatic carbocycles. The molecular formula is C23H21NO5. The van der Waals surface area contributed by atoms with E-state index < -0.39 is 17.3 Å². The lowest BCUT2D eigenvalue weighted by atomic mass is 9.89. The maximum absolute atomic E-state index is 13.1. The number of hydrogen-bond donors (Lipinski definition) is 1. The Balaban J connectivity index is 1.52. The van der Waals surface area contributed by atoms with Gasteiger partial charge in [0, 0.05) is 5.56 Å². The molecule has 3 aromatic rings. The number of aryl methyl sites for hydroxylation is 1. The van der Waals surface area contributed by atoms with E-state index in [4.69, 9.17) is 9.15 Å². The number of fused-ring (bicyclic) bond motifs is 1. The number of carbonyl (C=O) groups is 2. The molecule has 0 fully saturated rings. The molecule has 29 heavy (non-hydrogen) atoms. The zero-order valence-corrected chi connectivity index (χ0v) is 16.0. The fraction of sp³-hybridized carbons (Fsp3) is 0.217. The average Bonchev–Trinajstić information content (AvgIpc) is 3.33. The van der Waals surface area contributed by atoms with Gasteiger partial charge in [0.2, 0.25) is 5.78 Å². The monoisotopic (exact) mass is 391 g/mol. The number of furan rings is 1. The molecule has 2 aromatic carbocycles. The van der Waals surface area contributed by atoms with Crippen LogP contribution in [0.5, 0.6) is 5.75 Å². The molecule has 0 saturated heterocycles. The Bertz CT molecular complexity index is 1030. The summed E-state index contributed by atoms with van der Waals surface area (Å²) in [4.78, 5) is 27.1. The van der Waals surface area contributed by atoms with Gasteiger partial charge in [0.25, 0.3) is 5.91 Å². The Kier molecular flexibility index (Phi) is 4.94. The molecule has 1 aliphatic rings. The highest BCUT2D eigenvalue weighted by Crippen LogP contribution is 2.42. The number of ketones is 1. The molecule has 0 spiro atoms. The zero-order valence-electron chi connectivity index (χ0n) is 16.0. The van der Waals surface area contributed by atoms with Gasteiger partial charge in [0.1, 0.15) is 12.4 Å². The number of nitrogens with zero attached hydrogens (tertiary/aromatic N) is 1. The lowest BCUT2D eigenvalue weighted by Gasteiger charge is -2.22. The molecule has 2 heterocycles. The lowest BCUT2D eigenvalue weighted by molar-refractivity contribution is -0.136. The number of aliphatic hydroxyl groups is 1. The fourth-order valence-corrected chi connectivity index (χ4v) is 3.55. The lowest BCUT2D eigenvalue weighted by Crippen LogP contribution is -2.43. The number of carbonyl (C=O) groups excluding carboxylic acids is 2. The van der Waals surface area contributed by atoms with E-state index in [1.807, 2.05) is 31.2 Å². The molecule has 6 heteroatoms. The Morgan fingerprint density at radius 2 is 1.86 bits per heavy atom. The number of Topliss-reactive ketones (excluding diaryl/α,β-unsaturated/α-hetero) is 1. The van der Waals surface area contributed by atoms with Crippen molar-refractivity contribution in [2.45, 2.75) is 18.9 Å². The van der Waals surface area contributed by atoms with Crippen LogP contribution in [-0.4, -0.2) is 29.9 Å². The van der Waals surface area contributed by atoms with Gasteiger partial charge in [-0.1, -0.05) is 35.9 Å². The number of hydrogen-bond acceptors (Lipinski definition) is 5. The van der Waals surface area contributed by atoms with Crippen molar-refractivity contribution in [2.24, 2.45) is 0 Å². The van der Waals surface area contributed by atoms with Crippen molar-refractivity contribution in [3.63, 3.8) is 0 Å². The normalized spacial score (nSPS) is 18.0. The topological polar surface area (TPSA) is 80.0 Å². The minimum Gasteiger partial charge on any atom is -0.492 e. The zero-order chi connectivity index (χ0) is 20.4. The Labute approximate surface area is 168 Å². The Morgan fingerprint density at radius 3 is 2.59 bits per heavy atom. The molecule has 0 bridgehead atoms. The van der Waals surface area contributed by atoms with E-state index in [9.17, 15) is 14.7 Å². The summed E-state index contributed by atoms with van der Waals surface area (Å²) in [5, 5.41) is 11.2. The number of anilines is 1. The number of benzene rings is 2. The summed E-state index contributed by atoms with van der Waals surface area (Å²) in [6, 6.07) is 17.7. The van der Waals surface area contributed by atoms with E-state index in [2.05, 4.69) is 0 Å². The fourth-order valence-electron chi connectivity index (χ4n) is 3.55. The standard InChI is InChI=1S/C23H21NO5/c1-16-8-10-17(11-9-16)28-14-12-24-19-6-3-2-5-18(19)23(27,22(24)26)15-20(25)21-7-4-13-29-21/h2-11,13,27H,12,14-15H2,1H3. The first-order valence-electron chi connectivity index (χ1n) is 9.39. The highest BCUT2D eigenvalue weighted by molar-refractivity contribution is 6.10. The van der Waals surface area contributed by atoms with Gasteiger partial charge in [-0.25, -0.2) is 0 Å². The molecule has 1 N–H and O–H groups in total. The average molecular weight is 391 g/mol. The summed E-state index contributed by atoms with van der Waals surface area (Å²) < 4.78 is 10.9. The highest BCUT2D eigenvalue weighted by Gasteiger charge is 2.50. The van der Waals surface area contributed by atoms with E-state index in [1.165, 1.54) is 17.2 Å². The first-order chi connectivity index (χ1) is 14.0. The minimum atomic E-state index is -1.93. The van der Waals surface area contributed by atoms with Crippen LogP contribution in [-0.2, 0) is 10.4 Å². The number of para-hydroxylation sites is 1. The van der Waals surface area contributed by atoms with E-state index in [0.717, 1.165) is 5.56 Å². The summed E-state index contributed by atoms with van der Waals surface area (Å²) in [6.07, 6.45) is 1.00. The Hall–Kier alpha value is -3.38. The summed E-state index contributed by atoms with van der Waals surface area (Å²) in [5.74, 6) is -0.145. The van der Waals surface area contributed by atoms with Crippen LogP contribution in [0.1, 0.15) is 28.1 Å². The third kappa shape index (κ3) is 3.54. The summed E-state index contributed by atoms with van der Waals surface area (Å²) in [6.45, 7) is 2.50. The van der Waals surface area contributed by atoms with Gasteiger partial charge in [-0.2, -0.15) is 0 Å². The van der Waals surface area contributed by atoms with Crippen molar-refractivity contribution >= 4 is 17.4 Å². The van der Waals surface area contributed by atoms with Gasteiger partial charge >= 0.3 is 0 Å². The Morgan fingerprint density at radius 1 is 1.10 bits per heavy atom. The van der Waals surface area contributed by atoms with Crippen molar-refractivity contribution < 1.29 is 23.8 Å². The van der Waals surface area contributed by atoms with Crippen LogP contribution >= 0.6 is 0 Å². The predicted octanol–water partition coefficient (Wildman–Crippen LogP) is 3.47. The molecule has 4 rings (SSSR count). The highest BCUT2D eigenvalue weighted by atomic mass is 16.5. The van der Waals surface area contributed by atoms with Gasteiger partial charge in [-0.3, -0.25) is 9.59 Å². The first-order valence-corrected chi connectivity index (χ1v) is 9.39. The van der Waals surface area contributed by atoms with Crippen molar-refractivity contribution in [2.75, 3.05) is 18.1 Å². The van der Waals surface area contributed by atoms with Crippen LogP contribution in [0, 0.1) is 6.92 Å². The van der Waals surface area contributed by atoms with Crippen molar-refractivity contribution in [1.29, 1.82) is 0 Å². The predicted molar refractivity (Wildman–Crippen MR) is 107 cm³/mol. The van der Waals surface area contributed by atoms with E-state index in [1.54, 1.807) is 30.3 Å². The smallest absolute Gasteiger partial charge is 0.264 e. The van der Waals surface area contributed by atoms with Gasteiger partial charge < -0.3 is 19.2 Å². The molecule has 1 aromatic heterocycles. The van der Waals surface area contributed by atoms with Crippen LogP contribution in [0.4, 0.5) is 5.69 Å². The van der Waals surface area contributed by atoms with Gasteiger partial charge in [-0.05, 0) is 37.3 Å². The largest absolute Gasteiger partial charge is 0.492 e. The third-order valence-corrected chi connectivity index (χ3v) is 5.06. The SMILES string of the molecule is Cc1ccc(OCCN2C(=O)C(O)(CC(=O)c3ccco3)c3ccccc32)cc1. The molecular weight excluding hydrogens is 370 g/mol. The maximum Gasteiger partial charge on any atom is 0.264 e. The van der Waals surface area contributed by atoms with Crippen LogP contribution < -0.4 is 9.64 Å². The molecule has 148 valence electrons. The van der Waals surface area contributed by atoms with Crippen LogP contribution in [0.3, 0.4) is 0 Å². The summed E-state index contributed by atoms with van der Waals surface area (Å²) in [5.41, 5.74) is 0.205. The van der Waals surface area contributed by atoms with Gasteiger partial charge in [0.05, 0.1) is 24.9 Å². The summed E-state index contributed by atoms with van der Waals surface area (Å²) >= 11 is 0. The van der Waals surface area contributed by atoms with E-state index in [0.29, 0.717) is 17.0 Å². The minimum absolute atomic E-state index is 0.116. The first kappa shape index (κ1) is 19.0. The van der Waals surface area contributed by atoms with Crippen molar-refractivity contribution in [3.8, 4) is 5.75 Å². The molecule has 0 radical (unpaired) electrons. The molecule has 0 saturated carbocycles. The number of rotatable bonds is 7. The van der Waals surface area contributed by atoms with Crippen molar-refractivity contribution in [1.82, 2.24) is 0 Å². The van der Waals surface area contributed by atoms with Crippen LogP contribution in [0.25, 0.3) is 0 Å². The maximum atomic E-state index is 13.1. The second-order valence-corrected chi connectivity index (χ2v) is 7.07. The molecule has 1 amide bonds. The number of amides is 1. The van der Waals surface area contributed by atoms with Gasteiger partial charge in [-0.15, -0.1) is 0 Å². The van der Waals surface area contributed by atoms with Crippen LogP contribution in [0.15, 0.2) is 71.3 Å². The second kappa shape index (κ2) is 7.56. The van der Waals surface area contributed by atoms with Gasteiger partial charge in [0.15, 0.2) is 11.4 Å².